The third-order valence-electron chi connectivity index (χ3n) is 3.30. The Balaban J connectivity index is 2.83. The lowest BCUT2D eigenvalue weighted by molar-refractivity contribution is -0.142. The minimum Gasteiger partial charge on any atom is -0.481 e. The largest absolute Gasteiger partial charge is 0.481 e. The maximum Gasteiger partial charge on any atom is 0.306 e. The first kappa shape index (κ1) is 16.7. The maximum absolute atomic E-state index is 12.4. The Labute approximate surface area is 120 Å². The van der Waals surface area contributed by atoms with E-state index in [1.165, 1.54) is 4.31 Å². The predicted molar refractivity (Wildman–Crippen MR) is 76.9 cm³/mol. The van der Waals surface area contributed by atoms with Gasteiger partial charge in [-0.1, -0.05) is 32.0 Å². The van der Waals surface area contributed by atoms with Crippen molar-refractivity contribution in [3.63, 3.8) is 0 Å². The summed E-state index contributed by atoms with van der Waals surface area (Å²) in [4.78, 5) is 11.2. The lowest BCUT2D eigenvalue weighted by Gasteiger charge is -2.22. The average Bonchev–Trinajstić information content (AvgIpc) is 2.44. The standard InChI is InChI=1S/C14H21NO4S/c1-3-12(14(16)17)10-11-15(4-2)20(18,19)13-8-6-5-7-9-13/h5-9,12H,3-4,10-11H2,1-2H3,(H,16,17). The monoisotopic (exact) mass is 299 g/mol. The van der Waals surface area contributed by atoms with E-state index in [1.807, 2.05) is 0 Å². The molecule has 0 radical (unpaired) electrons. The van der Waals surface area contributed by atoms with E-state index in [0.29, 0.717) is 19.4 Å². The number of hydrogen-bond donors (Lipinski definition) is 1. The highest BCUT2D eigenvalue weighted by molar-refractivity contribution is 7.89. The van der Waals surface area contributed by atoms with Gasteiger partial charge in [-0.15, -0.1) is 0 Å². The molecule has 0 bridgehead atoms. The van der Waals surface area contributed by atoms with Crippen LogP contribution in [0.1, 0.15) is 26.7 Å². The van der Waals surface area contributed by atoms with Crippen LogP contribution in [0.3, 0.4) is 0 Å². The molecule has 0 aliphatic heterocycles. The molecule has 20 heavy (non-hydrogen) atoms. The van der Waals surface area contributed by atoms with Gasteiger partial charge in [0, 0.05) is 13.1 Å². The van der Waals surface area contributed by atoms with E-state index in [9.17, 15) is 13.2 Å². The second kappa shape index (κ2) is 7.40. The lowest BCUT2D eigenvalue weighted by atomic mass is 10.0. The van der Waals surface area contributed by atoms with Crippen molar-refractivity contribution in [2.24, 2.45) is 5.92 Å². The van der Waals surface area contributed by atoms with Crippen LogP contribution in [0.5, 0.6) is 0 Å². The van der Waals surface area contributed by atoms with Crippen LogP contribution in [0.2, 0.25) is 0 Å². The molecule has 0 saturated carbocycles. The lowest BCUT2D eigenvalue weighted by Crippen LogP contribution is -2.33. The zero-order valence-corrected chi connectivity index (χ0v) is 12.6. The summed E-state index contributed by atoms with van der Waals surface area (Å²) >= 11 is 0. The van der Waals surface area contributed by atoms with Crippen molar-refractivity contribution < 1.29 is 18.3 Å². The van der Waals surface area contributed by atoms with Gasteiger partial charge in [0.15, 0.2) is 0 Å². The van der Waals surface area contributed by atoms with E-state index in [2.05, 4.69) is 0 Å². The Morgan fingerprint density at radius 1 is 1.25 bits per heavy atom. The van der Waals surface area contributed by atoms with Crippen LogP contribution in [0.25, 0.3) is 0 Å². The smallest absolute Gasteiger partial charge is 0.306 e. The van der Waals surface area contributed by atoms with Crippen molar-refractivity contribution >= 4 is 16.0 Å². The molecule has 1 unspecified atom stereocenters. The molecule has 0 aliphatic rings. The van der Waals surface area contributed by atoms with Crippen molar-refractivity contribution in [2.75, 3.05) is 13.1 Å². The number of carboxylic acids is 1. The molecule has 1 aromatic rings. The number of benzene rings is 1. The molecule has 0 amide bonds. The Morgan fingerprint density at radius 2 is 1.85 bits per heavy atom. The average molecular weight is 299 g/mol. The van der Waals surface area contributed by atoms with E-state index >= 15 is 0 Å². The minimum atomic E-state index is -3.54. The molecule has 0 saturated heterocycles. The third-order valence-corrected chi connectivity index (χ3v) is 5.29. The minimum absolute atomic E-state index is 0.221. The Bertz CT molecular complexity index is 527. The first-order valence-electron chi connectivity index (χ1n) is 6.71. The molecule has 1 N–H and O–H groups in total. The molecule has 0 aromatic heterocycles. The van der Waals surface area contributed by atoms with E-state index in [-0.39, 0.29) is 11.4 Å². The SMILES string of the molecule is CCC(CCN(CC)S(=O)(=O)c1ccccc1)C(=O)O. The highest BCUT2D eigenvalue weighted by Gasteiger charge is 2.24. The summed E-state index contributed by atoms with van der Waals surface area (Å²) < 4.78 is 26.2. The van der Waals surface area contributed by atoms with Gasteiger partial charge in [0.1, 0.15) is 0 Å². The number of nitrogens with zero attached hydrogens (tertiary/aromatic N) is 1. The molecule has 1 atom stereocenters. The summed E-state index contributed by atoms with van der Waals surface area (Å²) in [6.07, 6.45) is 0.823. The fourth-order valence-electron chi connectivity index (χ4n) is 1.99. The number of carbonyl (C=O) groups is 1. The van der Waals surface area contributed by atoms with Gasteiger partial charge in [-0.25, -0.2) is 8.42 Å². The Kier molecular flexibility index (Phi) is 6.16. The Morgan fingerprint density at radius 3 is 2.30 bits per heavy atom. The zero-order chi connectivity index (χ0) is 15.2. The zero-order valence-electron chi connectivity index (χ0n) is 11.8. The second-order valence-corrected chi connectivity index (χ2v) is 6.48. The maximum atomic E-state index is 12.4. The quantitative estimate of drug-likeness (QED) is 0.798. The topological polar surface area (TPSA) is 74.7 Å². The van der Waals surface area contributed by atoms with Crippen molar-refractivity contribution in [3.05, 3.63) is 30.3 Å². The molecule has 0 spiro atoms. The van der Waals surface area contributed by atoms with Crippen LogP contribution >= 0.6 is 0 Å². The summed E-state index contributed by atoms with van der Waals surface area (Å²) in [7, 11) is -3.54. The number of aliphatic carboxylic acids is 1. The fraction of sp³-hybridized carbons (Fsp3) is 0.500. The van der Waals surface area contributed by atoms with Crippen LogP contribution in [0, 0.1) is 5.92 Å². The summed E-state index contributed by atoms with van der Waals surface area (Å²) in [5.41, 5.74) is 0. The van der Waals surface area contributed by atoms with E-state index in [1.54, 1.807) is 44.2 Å². The van der Waals surface area contributed by atoms with Crippen LogP contribution in [0.4, 0.5) is 0 Å². The molecular weight excluding hydrogens is 278 g/mol. The molecule has 5 nitrogen and oxygen atoms in total. The van der Waals surface area contributed by atoms with Gasteiger partial charge in [-0.2, -0.15) is 4.31 Å². The van der Waals surface area contributed by atoms with Gasteiger partial charge >= 0.3 is 5.97 Å². The summed E-state index contributed by atoms with van der Waals surface area (Å²) in [6, 6.07) is 8.20. The van der Waals surface area contributed by atoms with E-state index in [4.69, 9.17) is 5.11 Å². The highest BCUT2D eigenvalue weighted by Crippen LogP contribution is 2.17. The number of carboxylic acid groups (broad SMARTS) is 1. The number of hydrogen-bond acceptors (Lipinski definition) is 3. The van der Waals surface area contributed by atoms with Gasteiger partial charge in [0.2, 0.25) is 10.0 Å². The van der Waals surface area contributed by atoms with Crippen LogP contribution in [-0.2, 0) is 14.8 Å². The number of sulfonamides is 1. The van der Waals surface area contributed by atoms with Gasteiger partial charge in [-0.05, 0) is 25.0 Å². The van der Waals surface area contributed by atoms with Crippen molar-refractivity contribution in [2.45, 2.75) is 31.6 Å². The van der Waals surface area contributed by atoms with Gasteiger partial charge in [-0.3, -0.25) is 4.79 Å². The second-order valence-electron chi connectivity index (χ2n) is 4.54. The van der Waals surface area contributed by atoms with E-state index < -0.39 is 21.9 Å². The van der Waals surface area contributed by atoms with Gasteiger partial charge < -0.3 is 5.11 Å². The normalized spacial score (nSPS) is 13.3. The Hall–Kier alpha value is -1.40. The van der Waals surface area contributed by atoms with Gasteiger partial charge in [0.05, 0.1) is 10.8 Å². The van der Waals surface area contributed by atoms with Crippen LogP contribution in [0.15, 0.2) is 35.2 Å². The molecule has 0 fully saturated rings. The van der Waals surface area contributed by atoms with Crippen LogP contribution in [-0.4, -0.2) is 36.9 Å². The third kappa shape index (κ3) is 4.05. The first-order valence-corrected chi connectivity index (χ1v) is 8.15. The van der Waals surface area contributed by atoms with Crippen molar-refractivity contribution in [3.8, 4) is 0 Å². The highest BCUT2D eigenvalue weighted by atomic mass is 32.2. The fourth-order valence-corrected chi connectivity index (χ4v) is 3.48. The van der Waals surface area contributed by atoms with Gasteiger partial charge in [0.25, 0.3) is 0 Å². The molecule has 0 heterocycles. The van der Waals surface area contributed by atoms with Crippen molar-refractivity contribution in [1.82, 2.24) is 4.31 Å². The first-order chi connectivity index (χ1) is 9.43. The molecule has 112 valence electrons. The predicted octanol–water partition coefficient (Wildman–Crippen LogP) is 2.20. The number of rotatable bonds is 8. The molecule has 6 heteroatoms. The molecule has 1 aromatic carbocycles. The van der Waals surface area contributed by atoms with Crippen molar-refractivity contribution in [1.29, 1.82) is 0 Å². The summed E-state index contributed by atoms with van der Waals surface area (Å²) in [6.45, 7) is 4.09. The summed E-state index contributed by atoms with van der Waals surface area (Å²) in [5.74, 6) is -1.38. The molecular formula is C14H21NO4S. The van der Waals surface area contributed by atoms with Crippen LogP contribution < -0.4 is 0 Å². The molecule has 0 aliphatic carbocycles. The summed E-state index contributed by atoms with van der Waals surface area (Å²) in [5, 5.41) is 9.01. The van der Waals surface area contributed by atoms with E-state index in [0.717, 1.165) is 0 Å². The molecule has 1 rings (SSSR count).